The SMILES string of the molecule is Cc1ccc(CN2CCN(C(=S)Nc3ccn(Cc4ccc(Cl)cc4)n3)CC2)cc1. The zero-order valence-corrected chi connectivity index (χ0v) is 18.7. The second kappa shape index (κ2) is 9.60. The van der Waals surface area contributed by atoms with Crippen molar-refractivity contribution < 1.29 is 0 Å². The third kappa shape index (κ3) is 5.59. The van der Waals surface area contributed by atoms with Gasteiger partial charge in [-0.3, -0.25) is 9.58 Å². The number of halogens is 1. The molecule has 0 atom stereocenters. The summed E-state index contributed by atoms with van der Waals surface area (Å²) in [5, 5.41) is 9.35. The largest absolute Gasteiger partial charge is 0.346 e. The molecule has 0 aliphatic carbocycles. The fourth-order valence-corrected chi connectivity index (χ4v) is 3.96. The van der Waals surface area contributed by atoms with E-state index in [1.165, 1.54) is 11.1 Å². The van der Waals surface area contributed by atoms with Crippen molar-refractivity contribution in [3.8, 4) is 0 Å². The van der Waals surface area contributed by atoms with Crippen LogP contribution in [0.3, 0.4) is 0 Å². The molecule has 2 aromatic carbocycles. The van der Waals surface area contributed by atoms with Crippen LogP contribution in [0.1, 0.15) is 16.7 Å². The molecule has 0 unspecified atom stereocenters. The van der Waals surface area contributed by atoms with Gasteiger partial charge in [0.05, 0.1) is 6.54 Å². The monoisotopic (exact) mass is 439 g/mol. The van der Waals surface area contributed by atoms with E-state index in [1.807, 2.05) is 41.2 Å². The summed E-state index contributed by atoms with van der Waals surface area (Å²) in [7, 11) is 0. The molecule has 4 rings (SSSR count). The third-order valence-corrected chi connectivity index (χ3v) is 5.93. The Kier molecular flexibility index (Phi) is 6.67. The van der Waals surface area contributed by atoms with Gasteiger partial charge >= 0.3 is 0 Å². The molecule has 0 spiro atoms. The predicted octanol–water partition coefficient (Wildman–Crippen LogP) is 4.41. The van der Waals surface area contributed by atoms with Gasteiger partial charge in [0.15, 0.2) is 10.9 Å². The summed E-state index contributed by atoms with van der Waals surface area (Å²) in [6.45, 7) is 7.65. The minimum Gasteiger partial charge on any atom is -0.346 e. The van der Waals surface area contributed by atoms with Gasteiger partial charge in [-0.05, 0) is 42.4 Å². The van der Waals surface area contributed by atoms with E-state index < -0.39 is 0 Å². The lowest BCUT2D eigenvalue weighted by atomic mass is 10.1. The molecular weight excluding hydrogens is 414 g/mol. The van der Waals surface area contributed by atoms with Gasteiger partial charge in [-0.1, -0.05) is 53.6 Å². The van der Waals surface area contributed by atoms with Crippen molar-refractivity contribution in [1.82, 2.24) is 19.6 Å². The molecule has 1 N–H and O–H groups in total. The van der Waals surface area contributed by atoms with Crippen LogP contribution in [0.25, 0.3) is 0 Å². The molecular formula is C23H26ClN5S. The number of aromatic nitrogens is 2. The van der Waals surface area contributed by atoms with Crippen molar-refractivity contribution in [2.45, 2.75) is 20.0 Å². The summed E-state index contributed by atoms with van der Waals surface area (Å²) < 4.78 is 1.90. The predicted molar refractivity (Wildman–Crippen MR) is 127 cm³/mol. The molecule has 30 heavy (non-hydrogen) atoms. The zero-order chi connectivity index (χ0) is 20.9. The number of piperazine rings is 1. The molecule has 0 saturated carbocycles. The molecule has 0 amide bonds. The number of rotatable bonds is 5. The molecule has 156 valence electrons. The fraction of sp³-hybridized carbons (Fsp3) is 0.304. The molecule has 0 radical (unpaired) electrons. The lowest BCUT2D eigenvalue weighted by molar-refractivity contribution is 0.177. The Bertz CT molecular complexity index is 976. The molecule has 1 fully saturated rings. The Morgan fingerprint density at radius 2 is 1.57 bits per heavy atom. The quantitative estimate of drug-likeness (QED) is 0.596. The molecule has 0 bridgehead atoms. The lowest BCUT2D eigenvalue weighted by Gasteiger charge is -2.36. The van der Waals surface area contributed by atoms with E-state index in [0.717, 1.165) is 54.2 Å². The van der Waals surface area contributed by atoms with Crippen LogP contribution >= 0.6 is 23.8 Å². The third-order valence-electron chi connectivity index (χ3n) is 5.32. The van der Waals surface area contributed by atoms with Gasteiger partial charge in [-0.25, -0.2) is 0 Å². The van der Waals surface area contributed by atoms with Crippen LogP contribution in [0, 0.1) is 6.92 Å². The average molecular weight is 440 g/mol. The number of hydrogen-bond donors (Lipinski definition) is 1. The second-order valence-corrected chi connectivity index (χ2v) is 8.53. The zero-order valence-electron chi connectivity index (χ0n) is 17.1. The molecule has 3 aromatic rings. The standard InChI is InChI=1S/C23H26ClN5S/c1-18-2-4-19(5-3-18)16-27-12-14-28(15-13-27)23(30)25-22-10-11-29(26-22)17-20-6-8-21(24)9-7-20/h2-11H,12-17H2,1H3,(H,25,26,30). The first-order valence-electron chi connectivity index (χ1n) is 10.2. The second-order valence-electron chi connectivity index (χ2n) is 7.70. The highest BCUT2D eigenvalue weighted by molar-refractivity contribution is 7.80. The van der Waals surface area contributed by atoms with Crippen LogP contribution in [0.2, 0.25) is 5.02 Å². The van der Waals surface area contributed by atoms with Crippen molar-refractivity contribution in [2.75, 3.05) is 31.5 Å². The van der Waals surface area contributed by atoms with Gasteiger partial charge in [0.25, 0.3) is 0 Å². The maximum Gasteiger partial charge on any atom is 0.174 e. The minimum absolute atomic E-state index is 0.698. The van der Waals surface area contributed by atoms with Gasteiger partial charge in [-0.2, -0.15) is 5.10 Å². The number of aryl methyl sites for hydroxylation is 1. The molecule has 7 heteroatoms. The maximum atomic E-state index is 5.95. The summed E-state index contributed by atoms with van der Waals surface area (Å²) in [6.07, 6.45) is 1.96. The van der Waals surface area contributed by atoms with E-state index >= 15 is 0 Å². The lowest BCUT2D eigenvalue weighted by Crippen LogP contribution is -2.49. The van der Waals surface area contributed by atoms with E-state index in [9.17, 15) is 0 Å². The Balaban J connectivity index is 1.25. The number of nitrogens with zero attached hydrogens (tertiary/aromatic N) is 4. The highest BCUT2D eigenvalue weighted by atomic mass is 35.5. The van der Waals surface area contributed by atoms with E-state index in [2.05, 4.69) is 51.4 Å². The Morgan fingerprint density at radius 3 is 2.27 bits per heavy atom. The molecule has 1 aromatic heterocycles. The van der Waals surface area contributed by atoms with Gasteiger partial charge in [0.1, 0.15) is 0 Å². The van der Waals surface area contributed by atoms with Crippen LogP contribution in [0.4, 0.5) is 5.82 Å². The molecule has 2 heterocycles. The topological polar surface area (TPSA) is 36.3 Å². The normalized spacial score (nSPS) is 14.7. The summed E-state index contributed by atoms with van der Waals surface area (Å²) in [6, 6.07) is 18.6. The number of hydrogen-bond acceptors (Lipinski definition) is 3. The van der Waals surface area contributed by atoms with Crippen LogP contribution in [0.5, 0.6) is 0 Å². The first-order valence-corrected chi connectivity index (χ1v) is 11.0. The highest BCUT2D eigenvalue weighted by Crippen LogP contribution is 2.13. The van der Waals surface area contributed by atoms with Gasteiger partial charge in [-0.15, -0.1) is 0 Å². The number of anilines is 1. The van der Waals surface area contributed by atoms with Crippen molar-refractivity contribution in [3.63, 3.8) is 0 Å². The number of thiocarbonyl (C=S) groups is 1. The summed E-state index contributed by atoms with van der Waals surface area (Å²) >= 11 is 11.6. The molecule has 1 aliphatic heterocycles. The van der Waals surface area contributed by atoms with Crippen molar-refractivity contribution in [1.29, 1.82) is 0 Å². The van der Waals surface area contributed by atoms with Crippen LogP contribution in [-0.4, -0.2) is 50.9 Å². The van der Waals surface area contributed by atoms with Crippen molar-refractivity contribution in [2.24, 2.45) is 0 Å². The smallest absolute Gasteiger partial charge is 0.174 e. The maximum absolute atomic E-state index is 5.95. The van der Waals surface area contributed by atoms with Crippen LogP contribution in [0.15, 0.2) is 60.8 Å². The number of nitrogens with one attached hydrogen (secondary N) is 1. The van der Waals surface area contributed by atoms with E-state index in [-0.39, 0.29) is 0 Å². The van der Waals surface area contributed by atoms with Crippen molar-refractivity contribution >= 4 is 34.7 Å². The average Bonchev–Trinajstić information content (AvgIpc) is 3.18. The first kappa shape index (κ1) is 20.8. The Labute approximate surface area is 188 Å². The van der Waals surface area contributed by atoms with Crippen LogP contribution < -0.4 is 5.32 Å². The van der Waals surface area contributed by atoms with E-state index in [1.54, 1.807) is 0 Å². The Morgan fingerprint density at radius 1 is 0.933 bits per heavy atom. The summed E-state index contributed by atoms with van der Waals surface area (Å²) in [5.41, 5.74) is 3.82. The summed E-state index contributed by atoms with van der Waals surface area (Å²) in [5.74, 6) is 0.774. The number of benzene rings is 2. The first-order chi connectivity index (χ1) is 14.5. The highest BCUT2D eigenvalue weighted by Gasteiger charge is 2.19. The fourth-order valence-electron chi connectivity index (χ4n) is 3.54. The summed E-state index contributed by atoms with van der Waals surface area (Å²) in [4.78, 5) is 4.70. The van der Waals surface area contributed by atoms with E-state index in [4.69, 9.17) is 23.8 Å². The van der Waals surface area contributed by atoms with Crippen LogP contribution in [-0.2, 0) is 13.1 Å². The molecule has 5 nitrogen and oxygen atoms in total. The van der Waals surface area contributed by atoms with Gasteiger partial charge in [0.2, 0.25) is 0 Å². The molecule has 1 aliphatic rings. The minimum atomic E-state index is 0.698. The Hall–Kier alpha value is -2.41. The van der Waals surface area contributed by atoms with Crippen molar-refractivity contribution in [3.05, 3.63) is 82.5 Å². The van der Waals surface area contributed by atoms with E-state index in [0.29, 0.717) is 6.54 Å². The van der Waals surface area contributed by atoms with Gasteiger partial charge in [0, 0.05) is 50.0 Å². The van der Waals surface area contributed by atoms with Gasteiger partial charge < -0.3 is 10.2 Å². The molecule has 1 saturated heterocycles.